The molecule has 18 heavy (non-hydrogen) atoms. The van der Waals surface area contributed by atoms with E-state index < -0.39 is 11.9 Å². The van der Waals surface area contributed by atoms with Crippen LogP contribution in [0.5, 0.6) is 0 Å². The first-order valence-corrected chi connectivity index (χ1v) is 5.99. The average Bonchev–Trinajstić information content (AvgIpc) is 2.34. The maximum absolute atomic E-state index is 11.2. The van der Waals surface area contributed by atoms with E-state index in [1.807, 2.05) is 13.8 Å². The molecule has 4 nitrogen and oxygen atoms in total. The van der Waals surface area contributed by atoms with Gasteiger partial charge in [-0.3, -0.25) is 4.79 Å². The third-order valence-electron chi connectivity index (χ3n) is 1.89. The SMILES string of the molecule is CC.COC(=O)c1cc(Cl)c(CC(=O)O)c(Cl)c1. The van der Waals surface area contributed by atoms with Gasteiger partial charge in [0.2, 0.25) is 0 Å². The molecule has 0 heterocycles. The molecular weight excluding hydrogens is 279 g/mol. The summed E-state index contributed by atoms with van der Waals surface area (Å²) in [6.07, 6.45) is -0.293. The number of ether oxygens (including phenoxy) is 1. The molecule has 1 aromatic rings. The average molecular weight is 293 g/mol. The molecule has 0 saturated carbocycles. The van der Waals surface area contributed by atoms with Gasteiger partial charge in [0.25, 0.3) is 0 Å². The number of aliphatic carboxylic acids is 1. The minimum absolute atomic E-state index is 0.135. The fraction of sp³-hybridized carbons (Fsp3) is 0.333. The lowest BCUT2D eigenvalue weighted by Crippen LogP contribution is -2.05. The molecule has 0 atom stereocenters. The van der Waals surface area contributed by atoms with E-state index in [0.29, 0.717) is 0 Å². The van der Waals surface area contributed by atoms with E-state index >= 15 is 0 Å². The van der Waals surface area contributed by atoms with Crippen molar-refractivity contribution in [3.63, 3.8) is 0 Å². The van der Waals surface area contributed by atoms with Gasteiger partial charge in [-0.05, 0) is 12.1 Å². The Kier molecular flexibility index (Phi) is 7.39. The van der Waals surface area contributed by atoms with Crippen LogP contribution in [0.15, 0.2) is 12.1 Å². The van der Waals surface area contributed by atoms with Crippen molar-refractivity contribution in [3.8, 4) is 0 Å². The predicted molar refractivity (Wildman–Crippen MR) is 70.5 cm³/mol. The summed E-state index contributed by atoms with van der Waals surface area (Å²) in [5, 5.41) is 8.90. The maximum atomic E-state index is 11.2. The molecular formula is C12H14Cl2O4. The van der Waals surface area contributed by atoms with Crippen molar-refractivity contribution in [2.45, 2.75) is 20.3 Å². The zero-order valence-corrected chi connectivity index (χ0v) is 11.8. The molecule has 6 heteroatoms. The molecule has 0 fully saturated rings. The summed E-state index contributed by atoms with van der Waals surface area (Å²) in [6, 6.07) is 2.66. The Morgan fingerprint density at radius 3 is 2.00 bits per heavy atom. The van der Waals surface area contributed by atoms with Gasteiger partial charge in [-0.15, -0.1) is 0 Å². The first-order chi connectivity index (χ1) is 8.45. The van der Waals surface area contributed by atoms with Gasteiger partial charge in [-0.2, -0.15) is 0 Å². The molecule has 0 aromatic heterocycles. The van der Waals surface area contributed by atoms with Gasteiger partial charge < -0.3 is 9.84 Å². The molecule has 0 amide bonds. The van der Waals surface area contributed by atoms with Gasteiger partial charge in [0.15, 0.2) is 0 Å². The highest BCUT2D eigenvalue weighted by atomic mass is 35.5. The van der Waals surface area contributed by atoms with Crippen LogP contribution in [0.25, 0.3) is 0 Å². The summed E-state index contributed by atoms with van der Waals surface area (Å²) in [7, 11) is 1.23. The van der Waals surface area contributed by atoms with Gasteiger partial charge in [0.1, 0.15) is 0 Å². The largest absolute Gasteiger partial charge is 0.481 e. The number of carboxylic acid groups (broad SMARTS) is 1. The van der Waals surface area contributed by atoms with Crippen LogP contribution in [-0.2, 0) is 16.0 Å². The van der Waals surface area contributed by atoms with Crippen LogP contribution < -0.4 is 0 Å². The van der Waals surface area contributed by atoms with E-state index in [-0.39, 0.29) is 27.6 Å². The maximum Gasteiger partial charge on any atom is 0.337 e. The second kappa shape index (κ2) is 7.95. The van der Waals surface area contributed by atoms with Crippen molar-refractivity contribution in [2.75, 3.05) is 7.11 Å². The monoisotopic (exact) mass is 292 g/mol. The van der Waals surface area contributed by atoms with Crippen molar-refractivity contribution in [1.29, 1.82) is 0 Å². The van der Waals surface area contributed by atoms with Crippen molar-refractivity contribution in [2.24, 2.45) is 0 Å². The lowest BCUT2D eigenvalue weighted by Gasteiger charge is -2.07. The summed E-state index contributed by atoms with van der Waals surface area (Å²) in [4.78, 5) is 21.7. The molecule has 1 rings (SSSR count). The van der Waals surface area contributed by atoms with Crippen LogP contribution in [0.1, 0.15) is 29.8 Å². The second-order valence-electron chi connectivity index (χ2n) is 2.98. The lowest BCUT2D eigenvalue weighted by molar-refractivity contribution is -0.136. The number of carbonyl (C=O) groups is 2. The third-order valence-corrected chi connectivity index (χ3v) is 2.56. The highest BCUT2D eigenvalue weighted by Gasteiger charge is 2.15. The summed E-state index contributed by atoms with van der Waals surface area (Å²) in [5.74, 6) is -1.62. The topological polar surface area (TPSA) is 63.6 Å². The van der Waals surface area contributed by atoms with Crippen molar-refractivity contribution >= 4 is 35.1 Å². The molecule has 0 aliphatic rings. The Balaban J connectivity index is 0.00000137. The minimum atomic E-state index is -1.05. The second-order valence-corrected chi connectivity index (χ2v) is 3.79. The highest BCUT2D eigenvalue weighted by Crippen LogP contribution is 2.27. The fourth-order valence-electron chi connectivity index (χ4n) is 1.16. The summed E-state index contributed by atoms with van der Waals surface area (Å²) < 4.78 is 4.49. The Hall–Kier alpha value is -1.26. The van der Waals surface area contributed by atoms with Gasteiger partial charge in [-0.1, -0.05) is 37.0 Å². The molecule has 0 unspecified atom stereocenters. The Morgan fingerprint density at radius 2 is 1.67 bits per heavy atom. The zero-order chi connectivity index (χ0) is 14.3. The summed E-state index contributed by atoms with van der Waals surface area (Å²) >= 11 is 11.6. The molecule has 1 aromatic carbocycles. The van der Waals surface area contributed by atoms with Crippen LogP contribution in [-0.4, -0.2) is 24.2 Å². The molecule has 0 saturated heterocycles. The smallest absolute Gasteiger partial charge is 0.337 e. The third kappa shape index (κ3) is 4.55. The highest BCUT2D eigenvalue weighted by molar-refractivity contribution is 6.36. The van der Waals surface area contributed by atoms with Crippen molar-refractivity contribution in [1.82, 2.24) is 0 Å². The van der Waals surface area contributed by atoms with Crippen LogP contribution in [0, 0.1) is 0 Å². The lowest BCUT2D eigenvalue weighted by atomic mass is 10.1. The number of halogens is 2. The van der Waals surface area contributed by atoms with Gasteiger partial charge >= 0.3 is 11.9 Å². The number of hydrogen-bond donors (Lipinski definition) is 1. The van der Waals surface area contributed by atoms with Gasteiger partial charge in [0.05, 0.1) is 19.1 Å². The van der Waals surface area contributed by atoms with Crippen LogP contribution in [0.4, 0.5) is 0 Å². The van der Waals surface area contributed by atoms with Crippen LogP contribution in [0.2, 0.25) is 10.0 Å². The summed E-state index contributed by atoms with van der Waals surface area (Å²) in [5.41, 5.74) is 0.468. The van der Waals surface area contributed by atoms with E-state index in [0.717, 1.165) is 0 Å². The molecule has 0 radical (unpaired) electrons. The van der Waals surface area contributed by atoms with E-state index in [1.165, 1.54) is 19.2 Å². The fourth-order valence-corrected chi connectivity index (χ4v) is 1.78. The Labute approximate surface area is 115 Å². The predicted octanol–water partition coefficient (Wildman–Crippen LogP) is 3.43. The van der Waals surface area contributed by atoms with Crippen molar-refractivity contribution in [3.05, 3.63) is 33.3 Å². The van der Waals surface area contributed by atoms with E-state index in [4.69, 9.17) is 28.3 Å². The number of benzene rings is 1. The standard InChI is InChI=1S/C10H8Cl2O4.C2H6/c1-16-10(15)5-2-7(11)6(4-9(13)14)8(12)3-5;1-2/h2-3H,4H2,1H3,(H,13,14);1-2H3. The summed E-state index contributed by atoms with van der Waals surface area (Å²) in [6.45, 7) is 4.00. The number of carbonyl (C=O) groups excluding carboxylic acids is 1. The zero-order valence-electron chi connectivity index (χ0n) is 10.3. The van der Waals surface area contributed by atoms with Gasteiger partial charge in [0, 0.05) is 15.6 Å². The number of esters is 1. The number of rotatable bonds is 3. The van der Waals surface area contributed by atoms with E-state index in [9.17, 15) is 9.59 Å². The van der Waals surface area contributed by atoms with E-state index in [1.54, 1.807) is 0 Å². The van der Waals surface area contributed by atoms with Gasteiger partial charge in [-0.25, -0.2) is 4.79 Å². The quantitative estimate of drug-likeness (QED) is 0.867. The van der Waals surface area contributed by atoms with Crippen molar-refractivity contribution < 1.29 is 19.4 Å². The Morgan fingerprint density at radius 1 is 1.22 bits per heavy atom. The molecule has 1 N–H and O–H groups in total. The molecule has 0 aliphatic heterocycles. The molecule has 0 bridgehead atoms. The minimum Gasteiger partial charge on any atom is -0.481 e. The van der Waals surface area contributed by atoms with E-state index in [2.05, 4.69) is 4.74 Å². The number of hydrogen-bond acceptors (Lipinski definition) is 3. The molecule has 0 spiro atoms. The number of carboxylic acids is 1. The Bertz CT molecular complexity index is 421. The molecule has 100 valence electrons. The first-order valence-electron chi connectivity index (χ1n) is 5.23. The molecule has 0 aliphatic carbocycles. The number of methoxy groups -OCH3 is 1. The van der Waals surface area contributed by atoms with Crippen LogP contribution in [0.3, 0.4) is 0 Å². The van der Waals surface area contributed by atoms with Crippen LogP contribution >= 0.6 is 23.2 Å². The first kappa shape index (κ1) is 16.7. The normalized spacial score (nSPS) is 9.17.